The highest BCUT2D eigenvalue weighted by atomic mass is 79.9. The molecule has 0 saturated heterocycles. The van der Waals surface area contributed by atoms with Crippen molar-refractivity contribution in [3.8, 4) is 5.75 Å². The number of carbonyl (C=O) groups is 2. The minimum Gasteiger partial charge on any atom is -0.483 e. The summed E-state index contributed by atoms with van der Waals surface area (Å²) >= 11 is 8.56. The Labute approximate surface area is 184 Å². The van der Waals surface area contributed by atoms with Gasteiger partial charge in [-0.3, -0.25) is 25.8 Å². The van der Waals surface area contributed by atoms with Crippen LogP contribution in [0.2, 0.25) is 0 Å². The van der Waals surface area contributed by atoms with Crippen molar-refractivity contribution in [2.24, 2.45) is 0 Å². The van der Waals surface area contributed by atoms with E-state index in [0.717, 1.165) is 21.2 Å². The number of amides is 2. The first-order valence-corrected chi connectivity index (χ1v) is 10.3. The molecule has 0 aromatic heterocycles. The first-order chi connectivity index (χ1) is 13.7. The highest BCUT2D eigenvalue weighted by Crippen LogP contribution is 2.32. The number of hydrogen-bond donors (Lipinski definition) is 3. The number of thiocarbonyl (C=S) groups is 1. The molecule has 0 radical (unpaired) electrons. The number of hydrogen-bond acceptors (Lipinski definition) is 4. The number of rotatable bonds is 5. The van der Waals surface area contributed by atoms with E-state index in [0.29, 0.717) is 11.3 Å². The Morgan fingerprint density at radius 3 is 2.45 bits per heavy atom. The lowest BCUT2D eigenvalue weighted by Crippen LogP contribution is -2.49. The quantitative estimate of drug-likeness (QED) is 0.449. The Morgan fingerprint density at radius 1 is 1.10 bits per heavy atom. The second-order valence-corrected chi connectivity index (χ2v) is 8.12. The molecule has 2 aromatic carbocycles. The Hall–Kier alpha value is -2.45. The standard InChI is InChI=1S/C21H24BrN3O3S/c1-12(2)16-10-17(22)14(4)9-18(16)28-11-19(26)23-21(29)25-24-20(27)15-8-6-5-7-13(15)3/h5-10,12H,11H2,1-4H3,(H,24,27)(H2,23,25,26,29). The molecule has 3 N–H and O–H groups in total. The van der Waals surface area contributed by atoms with E-state index < -0.39 is 5.91 Å². The van der Waals surface area contributed by atoms with Crippen LogP contribution in [0.4, 0.5) is 0 Å². The van der Waals surface area contributed by atoms with Gasteiger partial charge in [0.15, 0.2) is 11.7 Å². The third-order valence-corrected chi connectivity index (χ3v) is 5.26. The Bertz CT molecular complexity index is 931. The number of aryl methyl sites for hydroxylation is 2. The van der Waals surface area contributed by atoms with E-state index in [4.69, 9.17) is 17.0 Å². The molecule has 0 spiro atoms. The van der Waals surface area contributed by atoms with Gasteiger partial charge in [0.1, 0.15) is 5.75 Å². The molecule has 0 heterocycles. The molecule has 0 bridgehead atoms. The zero-order chi connectivity index (χ0) is 21.6. The van der Waals surface area contributed by atoms with E-state index in [1.807, 2.05) is 38.1 Å². The smallest absolute Gasteiger partial charge is 0.269 e. The Kier molecular flexibility index (Phi) is 8.16. The van der Waals surface area contributed by atoms with Crippen LogP contribution in [0.5, 0.6) is 5.75 Å². The molecule has 2 amide bonds. The molecule has 0 unspecified atom stereocenters. The number of nitrogens with one attached hydrogen (secondary N) is 3. The van der Waals surface area contributed by atoms with Crippen molar-refractivity contribution in [3.05, 3.63) is 63.1 Å². The highest BCUT2D eigenvalue weighted by molar-refractivity contribution is 9.10. The average molecular weight is 478 g/mol. The molecule has 0 aliphatic rings. The van der Waals surface area contributed by atoms with Crippen LogP contribution in [0.15, 0.2) is 40.9 Å². The van der Waals surface area contributed by atoms with Crippen molar-refractivity contribution in [1.82, 2.24) is 16.2 Å². The topological polar surface area (TPSA) is 79.5 Å². The van der Waals surface area contributed by atoms with Gasteiger partial charge in [-0.2, -0.15) is 0 Å². The lowest BCUT2D eigenvalue weighted by atomic mass is 10.0. The van der Waals surface area contributed by atoms with Crippen LogP contribution in [-0.2, 0) is 4.79 Å². The summed E-state index contributed by atoms with van der Waals surface area (Å²) in [5, 5.41) is 2.46. The monoisotopic (exact) mass is 477 g/mol. The normalized spacial score (nSPS) is 10.4. The van der Waals surface area contributed by atoms with Gasteiger partial charge >= 0.3 is 0 Å². The number of ether oxygens (including phenoxy) is 1. The van der Waals surface area contributed by atoms with Gasteiger partial charge in [-0.25, -0.2) is 0 Å². The molecule has 2 aromatic rings. The van der Waals surface area contributed by atoms with Gasteiger partial charge in [0.2, 0.25) is 0 Å². The fourth-order valence-corrected chi connectivity index (χ4v) is 3.12. The minimum atomic E-state index is -0.428. The summed E-state index contributed by atoms with van der Waals surface area (Å²) in [4.78, 5) is 24.3. The van der Waals surface area contributed by atoms with Gasteiger partial charge in [-0.05, 0) is 66.9 Å². The summed E-state index contributed by atoms with van der Waals surface area (Å²) in [6.45, 7) is 7.70. The van der Waals surface area contributed by atoms with E-state index in [-0.39, 0.29) is 23.5 Å². The molecule has 29 heavy (non-hydrogen) atoms. The minimum absolute atomic E-state index is 0.0170. The molecule has 0 aliphatic carbocycles. The second kappa shape index (κ2) is 10.4. The third kappa shape index (κ3) is 6.54. The Balaban J connectivity index is 1.87. The van der Waals surface area contributed by atoms with Crippen molar-refractivity contribution < 1.29 is 14.3 Å². The van der Waals surface area contributed by atoms with Crippen molar-refractivity contribution >= 4 is 45.1 Å². The maximum absolute atomic E-state index is 12.2. The van der Waals surface area contributed by atoms with Crippen LogP contribution >= 0.6 is 28.1 Å². The van der Waals surface area contributed by atoms with Crippen LogP contribution in [0.3, 0.4) is 0 Å². The van der Waals surface area contributed by atoms with E-state index >= 15 is 0 Å². The van der Waals surface area contributed by atoms with Crippen LogP contribution in [0, 0.1) is 13.8 Å². The molecule has 6 nitrogen and oxygen atoms in total. The molecular weight excluding hydrogens is 454 g/mol. The number of carbonyl (C=O) groups excluding carboxylic acids is 2. The van der Waals surface area contributed by atoms with Crippen molar-refractivity contribution in [2.45, 2.75) is 33.6 Å². The summed E-state index contributed by atoms with van der Waals surface area (Å²) in [5.41, 5.74) is 8.36. The number of benzene rings is 2. The zero-order valence-electron chi connectivity index (χ0n) is 16.8. The van der Waals surface area contributed by atoms with Crippen molar-refractivity contribution in [1.29, 1.82) is 0 Å². The Morgan fingerprint density at radius 2 is 1.79 bits per heavy atom. The van der Waals surface area contributed by atoms with Gasteiger partial charge in [-0.15, -0.1) is 0 Å². The lowest BCUT2D eigenvalue weighted by Gasteiger charge is -2.16. The van der Waals surface area contributed by atoms with Gasteiger partial charge < -0.3 is 4.74 Å². The SMILES string of the molecule is Cc1cc(OCC(=O)NC(=S)NNC(=O)c2ccccc2C)c(C(C)C)cc1Br. The van der Waals surface area contributed by atoms with Gasteiger partial charge in [-0.1, -0.05) is 48.0 Å². The summed E-state index contributed by atoms with van der Waals surface area (Å²) in [5.74, 6) is 0.123. The van der Waals surface area contributed by atoms with Crippen LogP contribution in [0.25, 0.3) is 0 Å². The summed E-state index contributed by atoms with van der Waals surface area (Å²) in [6, 6.07) is 11.1. The molecule has 8 heteroatoms. The molecular formula is C21H24BrN3O3S. The second-order valence-electron chi connectivity index (χ2n) is 6.85. The third-order valence-electron chi connectivity index (χ3n) is 4.20. The largest absolute Gasteiger partial charge is 0.483 e. The maximum atomic E-state index is 12.2. The predicted molar refractivity (Wildman–Crippen MR) is 121 cm³/mol. The molecule has 0 atom stereocenters. The number of hydrazine groups is 1. The molecule has 154 valence electrons. The van der Waals surface area contributed by atoms with E-state index in [2.05, 4.69) is 45.9 Å². The van der Waals surface area contributed by atoms with Crippen molar-refractivity contribution in [3.63, 3.8) is 0 Å². The average Bonchev–Trinajstić information content (AvgIpc) is 2.66. The van der Waals surface area contributed by atoms with Crippen LogP contribution < -0.4 is 20.9 Å². The molecule has 2 rings (SSSR count). The highest BCUT2D eigenvalue weighted by Gasteiger charge is 2.14. The van der Waals surface area contributed by atoms with E-state index in [9.17, 15) is 9.59 Å². The molecule has 0 fully saturated rings. The number of halogens is 1. The predicted octanol–water partition coefficient (Wildman–Crippen LogP) is 3.90. The van der Waals surface area contributed by atoms with Crippen LogP contribution in [-0.4, -0.2) is 23.5 Å². The maximum Gasteiger partial charge on any atom is 0.269 e. The summed E-state index contributed by atoms with van der Waals surface area (Å²) < 4.78 is 6.69. The first-order valence-electron chi connectivity index (χ1n) is 9.07. The molecule has 0 saturated carbocycles. The lowest BCUT2D eigenvalue weighted by molar-refractivity contribution is -0.121. The summed E-state index contributed by atoms with van der Waals surface area (Å²) in [6.07, 6.45) is 0. The van der Waals surface area contributed by atoms with E-state index in [1.54, 1.807) is 12.1 Å². The zero-order valence-corrected chi connectivity index (χ0v) is 19.2. The fourth-order valence-electron chi connectivity index (χ4n) is 2.59. The van der Waals surface area contributed by atoms with Crippen LogP contribution in [0.1, 0.15) is 46.8 Å². The van der Waals surface area contributed by atoms with Crippen molar-refractivity contribution in [2.75, 3.05) is 6.61 Å². The van der Waals surface area contributed by atoms with Gasteiger partial charge in [0.25, 0.3) is 11.8 Å². The van der Waals surface area contributed by atoms with E-state index in [1.165, 1.54) is 0 Å². The molecule has 0 aliphatic heterocycles. The van der Waals surface area contributed by atoms with Gasteiger partial charge in [0.05, 0.1) is 0 Å². The summed E-state index contributed by atoms with van der Waals surface area (Å²) in [7, 11) is 0. The van der Waals surface area contributed by atoms with Gasteiger partial charge in [0, 0.05) is 10.0 Å². The fraction of sp³-hybridized carbons (Fsp3) is 0.286. The first kappa shape index (κ1) is 22.8.